The van der Waals surface area contributed by atoms with E-state index in [0.717, 1.165) is 4.47 Å². The Morgan fingerprint density at radius 2 is 1.92 bits per heavy atom. The fourth-order valence-corrected chi connectivity index (χ4v) is 3.12. The topological polar surface area (TPSA) is 81.3 Å². The van der Waals surface area contributed by atoms with Gasteiger partial charge >= 0.3 is 0 Å². The fourth-order valence-electron chi connectivity index (χ4n) is 2.76. The average Bonchev–Trinajstić information content (AvgIpc) is 2.56. The summed E-state index contributed by atoms with van der Waals surface area (Å²) in [4.78, 5) is 23.5. The Bertz CT molecular complexity index is 804. The molecule has 1 aromatic carbocycles. The molecule has 0 saturated carbocycles. The number of carbonyl (C=O) groups is 1. The number of carbonyl (C=O) groups excluding carboxylic acids is 1. The van der Waals surface area contributed by atoms with Gasteiger partial charge in [-0.05, 0) is 52.8 Å². The van der Waals surface area contributed by atoms with E-state index in [-0.39, 0.29) is 18.0 Å². The summed E-state index contributed by atoms with van der Waals surface area (Å²) in [5, 5.41) is 0. The number of ether oxygens (including phenoxy) is 1. The van der Waals surface area contributed by atoms with E-state index in [1.54, 1.807) is 11.8 Å². The van der Waals surface area contributed by atoms with Crippen LogP contribution in [0.3, 0.4) is 0 Å². The number of nitrogens with two attached hydrogens (primary N) is 1. The Morgan fingerprint density at radius 1 is 1.27 bits per heavy atom. The number of nitrogens with zero attached hydrogens (tertiary/aromatic N) is 3. The zero-order chi connectivity index (χ0) is 19.4. The van der Waals surface area contributed by atoms with Crippen LogP contribution < -0.4 is 10.5 Å². The zero-order valence-corrected chi connectivity index (χ0v) is 17.4. The number of aryl methyl sites for hydroxylation is 1. The first kappa shape index (κ1) is 20.2. The number of aromatic nitrogens is 2. The fraction of sp³-hybridized carbons (Fsp3) is 0.421. The van der Waals surface area contributed by atoms with E-state index in [4.69, 9.17) is 10.5 Å². The molecule has 0 aliphatic heterocycles. The number of hydrogen-bond donors (Lipinski definition) is 1. The minimum atomic E-state index is -0.113. The molecular weight excluding hydrogens is 396 g/mol. The van der Waals surface area contributed by atoms with Crippen molar-refractivity contribution in [2.75, 3.05) is 18.8 Å². The van der Waals surface area contributed by atoms with Crippen LogP contribution in [0.15, 0.2) is 22.7 Å². The molecular formula is C19H25BrN4O2. The summed E-state index contributed by atoms with van der Waals surface area (Å²) in [6.45, 7) is 10.8. The second-order valence-corrected chi connectivity index (χ2v) is 7.09. The molecule has 2 aromatic rings. The van der Waals surface area contributed by atoms with Crippen LogP contribution in [0.4, 0.5) is 5.95 Å². The summed E-state index contributed by atoms with van der Waals surface area (Å²) in [7, 11) is 0. The SMILES string of the molecule is CCN(CC)C(=O)c1c(C)nc(N)nc1-c1cc(Br)ccc1OC(C)C. The summed E-state index contributed by atoms with van der Waals surface area (Å²) in [6, 6.07) is 5.64. The third kappa shape index (κ3) is 4.33. The molecule has 0 radical (unpaired) electrons. The van der Waals surface area contributed by atoms with Crippen LogP contribution in [-0.2, 0) is 0 Å². The molecule has 0 saturated heterocycles. The molecule has 0 aliphatic rings. The first-order valence-corrected chi connectivity index (χ1v) is 9.47. The summed E-state index contributed by atoms with van der Waals surface area (Å²) >= 11 is 3.49. The molecule has 140 valence electrons. The van der Waals surface area contributed by atoms with Crippen LogP contribution in [0.5, 0.6) is 5.75 Å². The van der Waals surface area contributed by atoms with Crippen molar-refractivity contribution in [2.45, 2.75) is 40.7 Å². The van der Waals surface area contributed by atoms with Crippen LogP contribution >= 0.6 is 15.9 Å². The molecule has 0 aliphatic carbocycles. The number of benzene rings is 1. The minimum Gasteiger partial charge on any atom is -0.490 e. The molecule has 2 rings (SSSR count). The lowest BCUT2D eigenvalue weighted by Crippen LogP contribution is -2.32. The van der Waals surface area contributed by atoms with Gasteiger partial charge in [0.05, 0.1) is 23.1 Å². The van der Waals surface area contributed by atoms with Gasteiger partial charge < -0.3 is 15.4 Å². The van der Waals surface area contributed by atoms with Crippen molar-refractivity contribution >= 4 is 27.8 Å². The second-order valence-electron chi connectivity index (χ2n) is 6.18. The van der Waals surface area contributed by atoms with Gasteiger partial charge in [-0.1, -0.05) is 15.9 Å². The minimum absolute atomic E-state index is 0.0165. The smallest absolute Gasteiger partial charge is 0.257 e. The van der Waals surface area contributed by atoms with E-state index < -0.39 is 0 Å². The Labute approximate surface area is 162 Å². The van der Waals surface area contributed by atoms with Gasteiger partial charge in [0.15, 0.2) is 0 Å². The molecule has 0 fully saturated rings. The molecule has 0 unspecified atom stereocenters. The van der Waals surface area contributed by atoms with Crippen molar-refractivity contribution < 1.29 is 9.53 Å². The molecule has 1 heterocycles. The maximum Gasteiger partial charge on any atom is 0.257 e. The van der Waals surface area contributed by atoms with Crippen molar-refractivity contribution in [1.29, 1.82) is 0 Å². The van der Waals surface area contributed by atoms with Gasteiger partial charge in [0.25, 0.3) is 5.91 Å². The molecule has 0 bridgehead atoms. The molecule has 0 atom stereocenters. The summed E-state index contributed by atoms with van der Waals surface area (Å²) in [5.41, 5.74) is 8.10. The third-order valence-corrected chi connectivity index (χ3v) is 4.42. The monoisotopic (exact) mass is 420 g/mol. The molecule has 6 nitrogen and oxygen atoms in total. The number of hydrogen-bond acceptors (Lipinski definition) is 5. The van der Waals surface area contributed by atoms with E-state index in [9.17, 15) is 4.79 Å². The Kier molecular flexibility index (Phi) is 6.58. The van der Waals surface area contributed by atoms with Gasteiger partial charge in [-0.25, -0.2) is 9.97 Å². The summed E-state index contributed by atoms with van der Waals surface area (Å²) in [6.07, 6.45) is -0.0165. The molecule has 1 amide bonds. The van der Waals surface area contributed by atoms with E-state index in [0.29, 0.717) is 41.4 Å². The van der Waals surface area contributed by atoms with Crippen molar-refractivity contribution in [2.24, 2.45) is 0 Å². The highest BCUT2D eigenvalue weighted by molar-refractivity contribution is 9.10. The van der Waals surface area contributed by atoms with Crippen molar-refractivity contribution in [1.82, 2.24) is 14.9 Å². The summed E-state index contributed by atoms with van der Waals surface area (Å²) < 4.78 is 6.80. The zero-order valence-electron chi connectivity index (χ0n) is 15.8. The molecule has 1 aromatic heterocycles. The van der Waals surface area contributed by atoms with E-state index in [1.165, 1.54) is 0 Å². The average molecular weight is 421 g/mol. The van der Waals surface area contributed by atoms with Crippen molar-refractivity contribution in [3.8, 4) is 17.0 Å². The highest BCUT2D eigenvalue weighted by atomic mass is 79.9. The standard InChI is InChI=1S/C19H25BrN4O2/c1-6-24(7-2)18(25)16-12(5)22-19(21)23-17(16)14-10-13(20)8-9-15(14)26-11(3)4/h8-11H,6-7H2,1-5H3,(H2,21,22,23). The Hall–Kier alpha value is -2.15. The van der Waals surface area contributed by atoms with E-state index >= 15 is 0 Å². The normalized spacial score (nSPS) is 10.9. The number of anilines is 1. The first-order chi connectivity index (χ1) is 12.3. The van der Waals surface area contributed by atoms with Crippen LogP contribution in [-0.4, -0.2) is 40.0 Å². The highest BCUT2D eigenvalue weighted by Gasteiger charge is 2.25. The summed E-state index contributed by atoms with van der Waals surface area (Å²) in [5.74, 6) is 0.663. The third-order valence-electron chi connectivity index (χ3n) is 3.93. The van der Waals surface area contributed by atoms with Crippen molar-refractivity contribution in [3.63, 3.8) is 0 Å². The lowest BCUT2D eigenvalue weighted by Gasteiger charge is -2.22. The Morgan fingerprint density at radius 3 is 2.50 bits per heavy atom. The van der Waals surface area contributed by atoms with Crippen LogP contribution in [0.1, 0.15) is 43.7 Å². The van der Waals surface area contributed by atoms with Gasteiger partial charge in [0.1, 0.15) is 5.75 Å². The second kappa shape index (κ2) is 8.49. The molecule has 26 heavy (non-hydrogen) atoms. The maximum absolute atomic E-state index is 13.1. The number of rotatable bonds is 6. The van der Waals surface area contributed by atoms with Gasteiger partial charge in [0.2, 0.25) is 5.95 Å². The predicted molar refractivity (Wildman–Crippen MR) is 107 cm³/mol. The van der Waals surface area contributed by atoms with Gasteiger partial charge in [-0.3, -0.25) is 4.79 Å². The number of halogens is 1. The first-order valence-electron chi connectivity index (χ1n) is 8.68. The quantitative estimate of drug-likeness (QED) is 0.761. The van der Waals surface area contributed by atoms with Gasteiger partial charge in [-0.15, -0.1) is 0 Å². The molecule has 7 heteroatoms. The largest absolute Gasteiger partial charge is 0.490 e. The predicted octanol–water partition coefficient (Wildman–Crippen LogP) is 4.07. The maximum atomic E-state index is 13.1. The van der Waals surface area contributed by atoms with Gasteiger partial charge in [0, 0.05) is 23.1 Å². The highest BCUT2D eigenvalue weighted by Crippen LogP contribution is 2.35. The number of amides is 1. The molecule has 2 N–H and O–H groups in total. The van der Waals surface area contributed by atoms with Gasteiger partial charge in [-0.2, -0.15) is 0 Å². The van der Waals surface area contributed by atoms with Crippen LogP contribution in [0.25, 0.3) is 11.3 Å². The van der Waals surface area contributed by atoms with E-state index in [2.05, 4.69) is 25.9 Å². The lowest BCUT2D eigenvalue weighted by atomic mass is 10.0. The van der Waals surface area contributed by atoms with Crippen molar-refractivity contribution in [3.05, 3.63) is 33.9 Å². The van der Waals surface area contributed by atoms with E-state index in [1.807, 2.05) is 45.9 Å². The number of nitrogen functional groups attached to an aromatic ring is 1. The van der Waals surface area contributed by atoms with Crippen LogP contribution in [0.2, 0.25) is 0 Å². The van der Waals surface area contributed by atoms with Crippen LogP contribution in [0, 0.1) is 6.92 Å². The lowest BCUT2D eigenvalue weighted by molar-refractivity contribution is 0.0772. The molecule has 0 spiro atoms. The Balaban J connectivity index is 2.74.